The first-order valence-corrected chi connectivity index (χ1v) is 14.2. The third kappa shape index (κ3) is 5.26. The van der Waals surface area contributed by atoms with E-state index in [0.29, 0.717) is 36.4 Å². The predicted molar refractivity (Wildman–Crippen MR) is 161 cm³/mol. The first kappa shape index (κ1) is 27.3. The lowest BCUT2D eigenvalue weighted by atomic mass is 9.91. The van der Waals surface area contributed by atoms with Crippen molar-refractivity contribution in [3.05, 3.63) is 123 Å². The van der Waals surface area contributed by atoms with E-state index in [1.54, 1.807) is 16.0 Å². The van der Waals surface area contributed by atoms with Crippen LogP contribution in [0.4, 0.5) is 0 Å². The minimum atomic E-state index is -0.563. The van der Waals surface area contributed by atoms with Crippen LogP contribution in [0.1, 0.15) is 66.3 Å². The molecule has 5 aromatic rings. The lowest BCUT2D eigenvalue weighted by Crippen LogP contribution is -2.30. The zero-order valence-electron chi connectivity index (χ0n) is 23.6. The van der Waals surface area contributed by atoms with Gasteiger partial charge in [-0.05, 0) is 47.2 Å². The summed E-state index contributed by atoms with van der Waals surface area (Å²) in [6.45, 7) is 4.13. The van der Waals surface area contributed by atoms with E-state index in [4.69, 9.17) is 0 Å². The average molecular weight is 561 g/mol. The molecular formula is C33H32N6O3. The average Bonchev–Trinajstić information content (AvgIpc) is 3.67. The Labute approximate surface area is 243 Å². The molecule has 0 bridgehead atoms. The number of aryl methyl sites for hydroxylation is 1. The Kier molecular flexibility index (Phi) is 7.50. The SMILES string of the molecule is CCCc1c(Cc2ccc(-c3ccccc3)c(C3=NNC(=O)C3)c2)c(=O)n(Cc2ccc(C(C)O)cc2)c2ncnn12. The van der Waals surface area contributed by atoms with Gasteiger partial charge in [0.25, 0.3) is 5.56 Å². The van der Waals surface area contributed by atoms with Crippen LogP contribution < -0.4 is 11.0 Å². The summed E-state index contributed by atoms with van der Waals surface area (Å²) in [4.78, 5) is 30.7. The van der Waals surface area contributed by atoms with Crippen LogP contribution in [0.3, 0.4) is 0 Å². The standard InChI is InChI=1S/C33H32N6O3/c1-3-7-30-28(32(42)38(33-34-20-35-39(30)33)19-22-10-13-24(14-11-22)21(2)40)17-23-12-15-26(25-8-5-4-6-9-25)27(16-23)29-18-31(41)37-36-29/h4-6,8-16,20-21,40H,3,7,17-19H2,1-2H3,(H,37,41). The number of aliphatic hydroxyl groups is 1. The molecule has 0 saturated heterocycles. The quantitative estimate of drug-likeness (QED) is 0.277. The fourth-order valence-electron chi connectivity index (χ4n) is 5.54. The molecule has 9 heteroatoms. The van der Waals surface area contributed by atoms with Crippen LogP contribution in [0.5, 0.6) is 0 Å². The number of amides is 1. The highest BCUT2D eigenvalue weighted by molar-refractivity contribution is 6.16. The molecule has 1 amide bonds. The number of aliphatic hydroxyl groups excluding tert-OH is 1. The molecular weight excluding hydrogens is 528 g/mol. The number of fused-ring (bicyclic) bond motifs is 1. The molecule has 212 valence electrons. The largest absolute Gasteiger partial charge is 0.389 e. The number of hydrogen-bond donors (Lipinski definition) is 2. The van der Waals surface area contributed by atoms with E-state index in [2.05, 4.69) is 27.5 Å². The Morgan fingerprint density at radius 3 is 2.43 bits per heavy atom. The molecule has 0 radical (unpaired) electrons. The van der Waals surface area contributed by atoms with E-state index in [0.717, 1.165) is 45.5 Å². The minimum absolute atomic E-state index is 0.109. The number of hydrazone groups is 1. The van der Waals surface area contributed by atoms with E-state index in [1.807, 2.05) is 72.8 Å². The van der Waals surface area contributed by atoms with Crippen molar-refractivity contribution in [3.63, 3.8) is 0 Å². The third-order valence-corrected chi connectivity index (χ3v) is 7.67. The summed E-state index contributed by atoms with van der Waals surface area (Å²) in [7, 11) is 0. The van der Waals surface area contributed by atoms with Gasteiger partial charge in [-0.1, -0.05) is 80.1 Å². The van der Waals surface area contributed by atoms with Crippen molar-refractivity contribution in [2.45, 2.75) is 52.2 Å². The summed E-state index contributed by atoms with van der Waals surface area (Å²) in [6, 6.07) is 23.7. The van der Waals surface area contributed by atoms with Gasteiger partial charge in [-0.3, -0.25) is 14.2 Å². The Morgan fingerprint density at radius 1 is 0.976 bits per heavy atom. The van der Waals surface area contributed by atoms with Crippen molar-refractivity contribution >= 4 is 17.4 Å². The van der Waals surface area contributed by atoms with Gasteiger partial charge in [0.2, 0.25) is 11.7 Å². The van der Waals surface area contributed by atoms with Gasteiger partial charge < -0.3 is 5.11 Å². The van der Waals surface area contributed by atoms with Crippen LogP contribution in [0.2, 0.25) is 0 Å². The van der Waals surface area contributed by atoms with Crippen LogP contribution in [0.15, 0.2) is 89.0 Å². The predicted octanol–water partition coefficient (Wildman–Crippen LogP) is 4.43. The molecule has 2 aromatic heterocycles. The molecule has 9 nitrogen and oxygen atoms in total. The van der Waals surface area contributed by atoms with Crippen molar-refractivity contribution in [1.29, 1.82) is 0 Å². The summed E-state index contributed by atoms with van der Waals surface area (Å²) in [5, 5.41) is 18.7. The maximum Gasteiger partial charge on any atom is 0.259 e. The fraction of sp³-hybridized carbons (Fsp3) is 0.242. The molecule has 1 aliphatic heterocycles. The first-order valence-electron chi connectivity index (χ1n) is 14.2. The third-order valence-electron chi connectivity index (χ3n) is 7.67. The van der Waals surface area contributed by atoms with E-state index < -0.39 is 6.10 Å². The molecule has 1 aliphatic rings. The summed E-state index contributed by atoms with van der Waals surface area (Å²) >= 11 is 0. The molecule has 0 fully saturated rings. The van der Waals surface area contributed by atoms with Gasteiger partial charge in [-0.2, -0.15) is 15.2 Å². The first-order chi connectivity index (χ1) is 20.4. The highest BCUT2D eigenvalue weighted by Gasteiger charge is 2.22. The smallest absolute Gasteiger partial charge is 0.259 e. The lowest BCUT2D eigenvalue weighted by Gasteiger charge is -2.17. The highest BCUT2D eigenvalue weighted by Crippen LogP contribution is 2.28. The van der Waals surface area contributed by atoms with Crippen molar-refractivity contribution in [3.8, 4) is 11.1 Å². The Bertz CT molecular complexity index is 1850. The molecule has 3 aromatic carbocycles. The zero-order valence-corrected chi connectivity index (χ0v) is 23.6. The number of carbonyl (C=O) groups is 1. The Morgan fingerprint density at radius 2 is 1.74 bits per heavy atom. The summed E-state index contributed by atoms with van der Waals surface area (Å²) in [5.41, 5.74) is 10.2. The highest BCUT2D eigenvalue weighted by atomic mass is 16.3. The van der Waals surface area contributed by atoms with Crippen molar-refractivity contribution < 1.29 is 9.90 Å². The molecule has 0 aliphatic carbocycles. The summed E-state index contributed by atoms with van der Waals surface area (Å²) < 4.78 is 3.45. The van der Waals surface area contributed by atoms with E-state index in [9.17, 15) is 14.7 Å². The number of nitrogens with zero attached hydrogens (tertiary/aromatic N) is 5. The lowest BCUT2D eigenvalue weighted by molar-refractivity contribution is -0.119. The molecule has 3 heterocycles. The molecule has 1 unspecified atom stereocenters. The van der Waals surface area contributed by atoms with Crippen molar-refractivity contribution in [2.24, 2.45) is 5.10 Å². The Balaban J connectivity index is 1.45. The number of aromatic nitrogens is 4. The van der Waals surface area contributed by atoms with Gasteiger partial charge in [0, 0.05) is 17.5 Å². The van der Waals surface area contributed by atoms with Crippen LogP contribution >= 0.6 is 0 Å². The second-order valence-corrected chi connectivity index (χ2v) is 10.6. The molecule has 1 atom stereocenters. The normalized spacial score (nSPS) is 13.8. The van der Waals surface area contributed by atoms with Gasteiger partial charge in [0.15, 0.2) is 0 Å². The van der Waals surface area contributed by atoms with E-state index >= 15 is 0 Å². The number of nitrogens with one attached hydrogen (secondary N) is 1. The summed E-state index contributed by atoms with van der Waals surface area (Å²) in [6.07, 6.45) is 3.04. The topological polar surface area (TPSA) is 114 Å². The van der Waals surface area contributed by atoms with Gasteiger partial charge in [-0.25, -0.2) is 9.94 Å². The molecule has 0 spiro atoms. The molecule has 6 rings (SSSR count). The summed E-state index contributed by atoms with van der Waals surface area (Å²) in [5.74, 6) is 0.359. The molecule has 0 saturated carbocycles. The fourth-order valence-corrected chi connectivity index (χ4v) is 5.54. The Hall–Kier alpha value is -4.89. The van der Waals surface area contributed by atoms with Gasteiger partial charge in [0.1, 0.15) is 6.33 Å². The van der Waals surface area contributed by atoms with Gasteiger partial charge in [-0.15, -0.1) is 0 Å². The van der Waals surface area contributed by atoms with E-state index in [1.165, 1.54) is 6.33 Å². The van der Waals surface area contributed by atoms with Crippen LogP contribution in [0, 0.1) is 0 Å². The van der Waals surface area contributed by atoms with Gasteiger partial charge in [0.05, 0.1) is 30.5 Å². The van der Waals surface area contributed by atoms with Crippen LogP contribution in [-0.4, -0.2) is 35.9 Å². The monoisotopic (exact) mass is 560 g/mol. The number of carbonyl (C=O) groups excluding carboxylic acids is 1. The molecule has 2 N–H and O–H groups in total. The second-order valence-electron chi connectivity index (χ2n) is 10.6. The number of rotatable bonds is 9. The van der Waals surface area contributed by atoms with Crippen molar-refractivity contribution in [1.82, 2.24) is 24.6 Å². The number of benzene rings is 3. The van der Waals surface area contributed by atoms with Gasteiger partial charge >= 0.3 is 0 Å². The maximum absolute atomic E-state index is 14.2. The van der Waals surface area contributed by atoms with E-state index in [-0.39, 0.29) is 17.9 Å². The minimum Gasteiger partial charge on any atom is -0.389 e. The van der Waals surface area contributed by atoms with Crippen molar-refractivity contribution in [2.75, 3.05) is 0 Å². The van der Waals surface area contributed by atoms with Crippen LogP contribution in [-0.2, 0) is 24.2 Å². The zero-order chi connectivity index (χ0) is 29.2. The van der Waals surface area contributed by atoms with Crippen LogP contribution in [0.25, 0.3) is 16.9 Å². The second kappa shape index (κ2) is 11.5. The molecule has 42 heavy (non-hydrogen) atoms. The number of hydrogen-bond acceptors (Lipinski definition) is 6. The maximum atomic E-state index is 14.2.